The van der Waals surface area contributed by atoms with Crippen LogP contribution in [0, 0.1) is 6.92 Å². The van der Waals surface area contributed by atoms with E-state index in [2.05, 4.69) is 22.7 Å². The molecule has 0 aliphatic carbocycles. The second kappa shape index (κ2) is 6.09. The van der Waals surface area contributed by atoms with Crippen molar-refractivity contribution in [3.63, 3.8) is 0 Å². The van der Waals surface area contributed by atoms with Gasteiger partial charge in [-0.3, -0.25) is 4.68 Å². The largest absolute Gasteiger partial charge is 0.491 e. The standard InChI is InChI=1S/C16H23N3O/c1-11(2)20-15-9-7-6-8-13(15)16(17-4)14-10-19(5)18-12(14)3/h6-11,16-17H,1-5H3. The molecule has 0 fully saturated rings. The van der Waals surface area contributed by atoms with Crippen molar-refractivity contribution < 1.29 is 4.74 Å². The lowest BCUT2D eigenvalue weighted by molar-refractivity contribution is 0.238. The van der Waals surface area contributed by atoms with Gasteiger partial charge in [0, 0.05) is 24.4 Å². The molecule has 0 spiro atoms. The maximum absolute atomic E-state index is 5.93. The van der Waals surface area contributed by atoms with Gasteiger partial charge in [-0.2, -0.15) is 5.10 Å². The maximum Gasteiger partial charge on any atom is 0.124 e. The Kier molecular flexibility index (Phi) is 4.45. The summed E-state index contributed by atoms with van der Waals surface area (Å²) in [5, 5.41) is 7.80. The molecule has 1 N–H and O–H groups in total. The summed E-state index contributed by atoms with van der Waals surface area (Å²) in [5.41, 5.74) is 3.35. The van der Waals surface area contributed by atoms with Gasteiger partial charge < -0.3 is 10.1 Å². The highest BCUT2D eigenvalue weighted by Gasteiger charge is 2.20. The summed E-state index contributed by atoms with van der Waals surface area (Å²) in [6.45, 7) is 6.12. The number of aryl methyl sites for hydroxylation is 2. The van der Waals surface area contributed by atoms with E-state index < -0.39 is 0 Å². The van der Waals surface area contributed by atoms with Crippen molar-refractivity contribution in [2.45, 2.75) is 32.9 Å². The SMILES string of the molecule is CNC(c1ccccc1OC(C)C)c1cn(C)nc1C. The van der Waals surface area contributed by atoms with E-state index in [0.717, 1.165) is 17.0 Å². The predicted octanol–water partition coefficient (Wildman–Crippen LogP) is 2.82. The molecule has 4 nitrogen and oxygen atoms in total. The first-order valence-electron chi connectivity index (χ1n) is 6.96. The average Bonchev–Trinajstić information content (AvgIpc) is 2.71. The fourth-order valence-corrected chi connectivity index (χ4v) is 2.46. The van der Waals surface area contributed by atoms with Crippen LogP contribution in [0.5, 0.6) is 5.75 Å². The Morgan fingerprint density at radius 3 is 2.45 bits per heavy atom. The molecule has 1 unspecified atom stereocenters. The van der Waals surface area contributed by atoms with Crippen molar-refractivity contribution in [1.82, 2.24) is 15.1 Å². The highest BCUT2D eigenvalue weighted by Crippen LogP contribution is 2.31. The van der Waals surface area contributed by atoms with E-state index >= 15 is 0 Å². The Hall–Kier alpha value is -1.81. The van der Waals surface area contributed by atoms with E-state index in [-0.39, 0.29) is 12.1 Å². The van der Waals surface area contributed by atoms with Crippen molar-refractivity contribution in [1.29, 1.82) is 0 Å². The fraction of sp³-hybridized carbons (Fsp3) is 0.438. The van der Waals surface area contributed by atoms with Gasteiger partial charge in [-0.1, -0.05) is 18.2 Å². The molecule has 0 bridgehead atoms. The van der Waals surface area contributed by atoms with E-state index in [4.69, 9.17) is 4.74 Å². The molecule has 2 rings (SSSR count). The first-order chi connectivity index (χ1) is 9.52. The summed E-state index contributed by atoms with van der Waals surface area (Å²) < 4.78 is 7.78. The number of nitrogens with one attached hydrogen (secondary N) is 1. The smallest absolute Gasteiger partial charge is 0.124 e. The van der Waals surface area contributed by atoms with Crippen molar-refractivity contribution in [3.05, 3.63) is 47.3 Å². The van der Waals surface area contributed by atoms with Gasteiger partial charge >= 0.3 is 0 Å². The highest BCUT2D eigenvalue weighted by atomic mass is 16.5. The minimum absolute atomic E-state index is 0.0821. The summed E-state index contributed by atoms with van der Waals surface area (Å²) in [4.78, 5) is 0. The van der Waals surface area contributed by atoms with Crippen LogP contribution in [0.2, 0.25) is 0 Å². The van der Waals surface area contributed by atoms with Crippen molar-refractivity contribution in [2.24, 2.45) is 7.05 Å². The van der Waals surface area contributed by atoms with Crippen LogP contribution in [-0.4, -0.2) is 22.9 Å². The number of ether oxygens (including phenoxy) is 1. The molecule has 20 heavy (non-hydrogen) atoms. The second-order valence-corrected chi connectivity index (χ2v) is 5.27. The molecule has 0 saturated carbocycles. The van der Waals surface area contributed by atoms with Crippen LogP contribution >= 0.6 is 0 Å². The quantitative estimate of drug-likeness (QED) is 0.910. The van der Waals surface area contributed by atoms with Crippen molar-refractivity contribution in [2.75, 3.05) is 7.05 Å². The zero-order valence-electron chi connectivity index (χ0n) is 12.8. The van der Waals surface area contributed by atoms with Crippen LogP contribution in [0.15, 0.2) is 30.5 Å². The molecule has 1 aromatic heterocycles. The molecule has 0 saturated heterocycles. The third-order valence-electron chi connectivity index (χ3n) is 3.24. The molecule has 2 aromatic rings. The van der Waals surface area contributed by atoms with Crippen LogP contribution in [0.1, 0.15) is 36.7 Å². The van der Waals surface area contributed by atoms with Gasteiger partial charge in [0.25, 0.3) is 0 Å². The van der Waals surface area contributed by atoms with Crippen LogP contribution in [-0.2, 0) is 7.05 Å². The number of benzene rings is 1. The van der Waals surface area contributed by atoms with E-state index in [9.17, 15) is 0 Å². The second-order valence-electron chi connectivity index (χ2n) is 5.27. The molecule has 4 heteroatoms. The summed E-state index contributed by atoms with van der Waals surface area (Å²) in [6, 6.07) is 8.25. The summed E-state index contributed by atoms with van der Waals surface area (Å²) in [7, 11) is 3.91. The molecular formula is C16H23N3O. The zero-order valence-corrected chi connectivity index (χ0v) is 12.8. The highest BCUT2D eigenvalue weighted by molar-refractivity contribution is 5.42. The summed E-state index contributed by atoms with van der Waals surface area (Å²) in [6.07, 6.45) is 2.21. The predicted molar refractivity (Wildman–Crippen MR) is 81.1 cm³/mol. The number of rotatable bonds is 5. The molecule has 1 atom stereocenters. The minimum Gasteiger partial charge on any atom is -0.491 e. The van der Waals surface area contributed by atoms with Crippen LogP contribution in [0.3, 0.4) is 0 Å². The molecule has 1 heterocycles. The number of aromatic nitrogens is 2. The van der Waals surface area contributed by atoms with Gasteiger partial charge in [-0.15, -0.1) is 0 Å². The Bertz CT molecular complexity index is 575. The molecule has 0 aliphatic rings. The van der Waals surface area contributed by atoms with Crippen LogP contribution in [0.25, 0.3) is 0 Å². The first-order valence-corrected chi connectivity index (χ1v) is 6.96. The first kappa shape index (κ1) is 14.6. The summed E-state index contributed by atoms with van der Waals surface area (Å²) >= 11 is 0. The third kappa shape index (κ3) is 3.02. The van der Waals surface area contributed by atoms with Gasteiger partial charge in [-0.05, 0) is 33.9 Å². The van der Waals surface area contributed by atoms with Gasteiger partial charge in [0.1, 0.15) is 5.75 Å². The van der Waals surface area contributed by atoms with E-state index in [1.807, 2.05) is 57.7 Å². The molecular weight excluding hydrogens is 250 g/mol. The number of nitrogens with zero attached hydrogens (tertiary/aromatic N) is 2. The van der Waals surface area contributed by atoms with Crippen molar-refractivity contribution in [3.8, 4) is 5.75 Å². The van der Waals surface area contributed by atoms with Gasteiger partial charge in [-0.25, -0.2) is 0 Å². The Balaban J connectivity index is 2.44. The lowest BCUT2D eigenvalue weighted by atomic mass is 9.98. The van der Waals surface area contributed by atoms with E-state index in [1.54, 1.807) is 0 Å². The Morgan fingerprint density at radius 1 is 1.20 bits per heavy atom. The normalized spacial score (nSPS) is 12.7. The lowest BCUT2D eigenvalue weighted by Gasteiger charge is -2.21. The monoisotopic (exact) mass is 273 g/mol. The summed E-state index contributed by atoms with van der Waals surface area (Å²) in [5.74, 6) is 0.921. The number of hydrogen-bond acceptors (Lipinski definition) is 3. The molecule has 1 aromatic carbocycles. The van der Waals surface area contributed by atoms with Crippen molar-refractivity contribution >= 4 is 0 Å². The van der Waals surface area contributed by atoms with Gasteiger partial charge in [0.2, 0.25) is 0 Å². The minimum atomic E-state index is 0.0821. The van der Waals surface area contributed by atoms with E-state index in [0.29, 0.717) is 0 Å². The average molecular weight is 273 g/mol. The molecule has 0 amide bonds. The molecule has 0 radical (unpaired) electrons. The number of para-hydroxylation sites is 1. The molecule has 0 aliphatic heterocycles. The van der Waals surface area contributed by atoms with Gasteiger partial charge in [0.15, 0.2) is 0 Å². The van der Waals surface area contributed by atoms with E-state index in [1.165, 1.54) is 5.56 Å². The van der Waals surface area contributed by atoms with Gasteiger partial charge in [0.05, 0.1) is 17.8 Å². The molecule has 108 valence electrons. The number of hydrogen-bond donors (Lipinski definition) is 1. The van der Waals surface area contributed by atoms with Crippen LogP contribution in [0.4, 0.5) is 0 Å². The topological polar surface area (TPSA) is 39.1 Å². The fourth-order valence-electron chi connectivity index (χ4n) is 2.46. The Labute approximate surface area is 120 Å². The lowest BCUT2D eigenvalue weighted by Crippen LogP contribution is -2.20. The van der Waals surface area contributed by atoms with Crippen LogP contribution < -0.4 is 10.1 Å². The third-order valence-corrected chi connectivity index (χ3v) is 3.24. The Morgan fingerprint density at radius 2 is 1.90 bits per heavy atom. The maximum atomic E-state index is 5.93. The zero-order chi connectivity index (χ0) is 14.7.